The first-order valence-electron chi connectivity index (χ1n) is 31.3. The van der Waals surface area contributed by atoms with Crippen LogP contribution >= 0.6 is 0 Å². The Balaban J connectivity index is 0.000000123. The highest BCUT2D eigenvalue weighted by Gasteiger charge is 2.39. The number of hydrogen-bond acceptors (Lipinski definition) is 19. The Kier molecular flexibility index (Phi) is 16.8. The van der Waals surface area contributed by atoms with Gasteiger partial charge in [0.1, 0.15) is 24.8 Å². The Morgan fingerprint density at radius 2 is 0.854 bits per heavy atom. The maximum atomic E-state index is 12.2. The summed E-state index contributed by atoms with van der Waals surface area (Å²) in [6.45, 7) is 12.4. The number of sulfone groups is 1. The molecule has 89 heavy (non-hydrogen) atoms. The van der Waals surface area contributed by atoms with Gasteiger partial charge in [0.25, 0.3) is 0 Å². The molecule has 6 aromatic heterocycles. The van der Waals surface area contributed by atoms with Crippen LogP contribution in [0.5, 0.6) is 0 Å². The third kappa shape index (κ3) is 12.3. The molecule has 0 aromatic carbocycles. The van der Waals surface area contributed by atoms with Crippen LogP contribution in [0.4, 0.5) is 22.9 Å². The third-order valence-corrected chi connectivity index (χ3v) is 23.7. The highest BCUT2D eigenvalue weighted by atomic mass is 32.2. The lowest BCUT2D eigenvalue weighted by Gasteiger charge is -2.40. The second-order valence-electron chi connectivity index (χ2n) is 25.5. The molecule has 0 N–H and O–H groups in total. The fraction of sp³-hybridized carbons (Fsp3) is 0.492. The maximum absolute atomic E-state index is 12.2. The van der Waals surface area contributed by atoms with Gasteiger partial charge in [-0.1, -0.05) is 36.5 Å². The minimum Gasteiger partial charge on any atom is -0.363 e. The van der Waals surface area contributed by atoms with E-state index in [1.54, 1.807) is 27.6 Å². The summed E-state index contributed by atoms with van der Waals surface area (Å²) in [5.74, 6) is 1.13. The number of allylic oxidation sites excluding steroid dienone is 3. The third-order valence-electron chi connectivity index (χ3n) is 19.6. The number of piperidine rings is 2. The smallest absolute Gasteiger partial charge is 0.211 e. The molecule has 9 aliphatic rings. The molecular formula is C65H79N15O6S3. The molecule has 0 bridgehead atoms. The predicted octanol–water partition coefficient (Wildman–Crippen LogP) is 7.08. The topological polar surface area (TPSA) is 238 Å². The molecule has 3 unspecified atom stereocenters. The fourth-order valence-electron chi connectivity index (χ4n) is 14.9. The average Bonchev–Trinajstić information content (AvgIpc) is 2.15. The number of hydrogen-bond donors (Lipinski definition) is 0. The van der Waals surface area contributed by atoms with Gasteiger partial charge < -0.3 is 19.6 Å². The summed E-state index contributed by atoms with van der Waals surface area (Å²) in [7, 11) is -9.43. The van der Waals surface area contributed by atoms with Crippen molar-refractivity contribution in [2.24, 2.45) is 0 Å². The second-order valence-corrected chi connectivity index (χ2v) is 31.8. The minimum atomic E-state index is -3.19. The van der Waals surface area contributed by atoms with Crippen molar-refractivity contribution in [3.05, 3.63) is 153 Å². The van der Waals surface area contributed by atoms with E-state index in [2.05, 4.69) is 140 Å². The highest BCUT2D eigenvalue weighted by Crippen LogP contribution is 2.41. The van der Waals surface area contributed by atoms with Crippen LogP contribution in [0.25, 0.3) is 18.2 Å². The van der Waals surface area contributed by atoms with Crippen molar-refractivity contribution >= 4 is 71.0 Å². The summed E-state index contributed by atoms with van der Waals surface area (Å²) >= 11 is 0. The van der Waals surface area contributed by atoms with Crippen LogP contribution in [-0.2, 0) is 88.0 Å². The van der Waals surface area contributed by atoms with Crippen molar-refractivity contribution in [3.8, 4) is 0 Å². The van der Waals surface area contributed by atoms with Gasteiger partial charge in [0.05, 0.1) is 63.3 Å². The van der Waals surface area contributed by atoms with Crippen molar-refractivity contribution < 1.29 is 25.3 Å². The monoisotopic (exact) mass is 1260 g/mol. The second kappa shape index (κ2) is 24.6. The van der Waals surface area contributed by atoms with Crippen molar-refractivity contribution in [1.29, 1.82) is 0 Å². The van der Waals surface area contributed by atoms with E-state index in [1.165, 1.54) is 63.6 Å². The van der Waals surface area contributed by atoms with Gasteiger partial charge in [0.2, 0.25) is 20.0 Å². The van der Waals surface area contributed by atoms with E-state index in [-0.39, 0.29) is 17.1 Å². The van der Waals surface area contributed by atoms with Gasteiger partial charge in [0.15, 0.2) is 9.84 Å². The lowest BCUT2D eigenvalue weighted by Crippen LogP contribution is -2.45. The molecule has 6 aliphatic heterocycles. The number of anilines is 4. The Morgan fingerprint density at radius 1 is 0.438 bits per heavy atom. The summed E-state index contributed by atoms with van der Waals surface area (Å²) < 4.78 is 75.6. The van der Waals surface area contributed by atoms with Crippen LogP contribution in [0.15, 0.2) is 74.0 Å². The SMILES string of the molecule is C[C@@H]1Cc2ncnc(C3CCCN(S(C)(=O)=O)C3)c2CN1c1ccnc2c1C=CC2.C[C@@H]1Cc2ncnc(C3CCN(S(C)(=O)=O)C3)c2CN1c1ccnc2c1C=CC2.C[C@@H]1Cc2ncnc(N3CCCC(S(C)(=O)=O)C3)c2CN1c1ccnc2c1C=CC2. The van der Waals surface area contributed by atoms with Crippen molar-refractivity contribution in [2.45, 2.75) is 146 Å². The fourth-order valence-corrected chi connectivity index (χ4v) is 17.7. The van der Waals surface area contributed by atoms with Gasteiger partial charge >= 0.3 is 0 Å². The van der Waals surface area contributed by atoms with E-state index in [9.17, 15) is 25.3 Å². The Bertz CT molecular complexity index is 3990. The van der Waals surface area contributed by atoms with E-state index in [0.29, 0.717) is 50.8 Å². The average molecular weight is 1260 g/mol. The normalized spacial score (nSPS) is 23.8. The van der Waals surface area contributed by atoms with Crippen LogP contribution < -0.4 is 19.6 Å². The molecule has 0 radical (unpaired) electrons. The van der Waals surface area contributed by atoms with Gasteiger partial charge in [-0.3, -0.25) is 15.0 Å². The first kappa shape index (κ1) is 60.8. The van der Waals surface area contributed by atoms with Crippen molar-refractivity contribution in [2.75, 3.05) is 77.6 Å². The highest BCUT2D eigenvalue weighted by molar-refractivity contribution is 7.91. The number of nitrogens with zero attached hydrogens (tertiary/aromatic N) is 15. The number of rotatable bonds is 9. The lowest BCUT2D eigenvalue weighted by atomic mass is 9.88. The summed E-state index contributed by atoms with van der Waals surface area (Å²) in [4.78, 5) is 50.7. The van der Waals surface area contributed by atoms with Gasteiger partial charge in [-0.15, -0.1) is 0 Å². The number of aromatic nitrogens is 9. The lowest BCUT2D eigenvalue weighted by molar-refractivity contribution is 0.312. The van der Waals surface area contributed by atoms with Crippen molar-refractivity contribution in [3.63, 3.8) is 0 Å². The zero-order valence-corrected chi connectivity index (χ0v) is 54.1. The molecule has 3 fully saturated rings. The van der Waals surface area contributed by atoms with Crippen LogP contribution in [0, 0.1) is 0 Å². The van der Waals surface area contributed by atoms with Crippen LogP contribution in [0.3, 0.4) is 0 Å². The van der Waals surface area contributed by atoms with E-state index >= 15 is 0 Å². The number of pyridine rings is 3. The van der Waals surface area contributed by atoms with Crippen LogP contribution in [-0.4, -0.2) is 160 Å². The van der Waals surface area contributed by atoms with Crippen LogP contribution in [0.2, 0.25) is 0 Å². The minimum absolute atomic E-state index is 0.114. The van der Waals surface area contributed by atoms with Crippen molar-refractivity contribution in [1.82, 2.24) is 53.5 Å². The van der Waals surface area contributed by atoms with Gasteiger partial charge in [-0.05, 0) is 71.1 Å². The molecule has 0 saturated carbocycles. The first-order chi connectivity index (χ1) is 42.7. The largest absolute Gasteiger partial charge is 0.363 e. The molecule has 6 aromatic rings. The first-order valence-corrected chi connectivity index (χ1v) is 37.0. The summed E-state index contributed by atoms with van der Waals surface area (Å²) in [5.41, 5.74) is 19.4. The summed E-state index contributed by atoms with van der Waals surface area (Å²) in [6, 6.07) is 7.25. The zero-order chi connectivity index (χ0) is 61.9. The molecule has 3 saturated heterocycles. The number of sulfonamides is 2. The van der Waals surface area contributed by atoms with E-state index in [0.717, 1.165) is 154 Å². The standard InChI is InChI=1S/2C22H27N5O2S.C21H25N5O2S/c1-15-11-20-18(13-27(15)21-8-9-23-19-7-3-6-17(19)21)22(25-14-24-20)26-10-4-5-16(12-26)30(2,28)29;1-15-11-20-18(13-27(15)21-8-9-23-19-7-3-6-17(19)21)22(25-14-24-20)16-5-4-10-26(12-16)30(2,28)29;1-14-10-19-17(12-26(14)20-6-8-22-18-5-3-4-16(18)20)21(24-13-23-19)15-7-9-25(11-15)29(2,27)28/h2*3,6,8-9,14-16H,4-5,7,10-13H2,1-2H3;3-4,6,8,13-15H,5,7,9-12H2,1-2H3/t2*15-,16?;14-,15?/m111/s1. The molecule has 0 spiro atoms. The summed E-state index contributed by atoms with van der Waals surface area (Å²) in [5, 5.41) is -0.330. The summed E-state index contributed by atoms with van der Waals surface area (Å²) in [6.07, 6.45) is 37.0. The Labute approximate surface area is 523 Å². The molecule has 21 nitrogen and oxygen atoms in total. The quantitative estimate of drug-likeness (QED) is 0.141. The molecule has 0 amide bonds. The predicted molar refractivity (Wildman–Crippen MR) is 347 cm³/mol. The van der Waals surface area contributed by atoms with E-state index in [4.69, 9.17) is 0 Å². The van der Waals surface area contributed by atoms with Gasteiger partial charge in [0, 0.05) is 203 Å². The number of fused-ring (bicyclic) bond motifs is 6. The Morgan fingerprint density at radius 3 is 1.30 bits per heavy atom. The molecule has 3 aliphatic carbocycles. The molecule has 15 rings (SSSR count). The molecule has 468 valence electrons. The van der Waals surface area contributed by atoms with Crippen LogP contribution in [0.1, 0.15) is 144 Å². The molecular weight excluding hydrogens is 1180 g/mol. The van der Waals surface area contributed by atoms with Gasteiger partial charge in [-0.2, -0.15) is 0 Å². The zero-order valence-electron chi connectivity index (χ0n) is 51.6. The molecule has 24 heteroatoms. The van der Waals surface area contributed by atoms with E-state index in [1.807, 2.05) is 18.6 Å². The maximum Gasteiger partial charge on any atom is 0.211 e. The van der Waals surface area contributed by atoms with Gasteiger partial charge in [-0.25, -0.2) is 63.8 Å². The van der Waals surface area contributed by atoms with E-state index < -0.39 is 29.9 Å². The molecule has 12 heterocycles. The Hall–Kier alpha value is -7.12. The molecule has 6 atom stereocenters.